The fraction of sp³-hybridized carbons (Fsp3) is 0.214. The molecule has 1 atom stereocenters. The van der Waals surface area contributed by atoms with Crippen molar-refractivity contribution < 1.29 is 4.74 Å². The van der Waals surface area contributed by atoms with Gasteiger partial charge < -0.3 is 10.1 Å². The van der Waals surface area contributed by atoms with Gasteiger partial charge in [0.05, 0.1) is 23.7 Å². The Morgan fingerprint density at radius 3 is 2.76 bits per heavy atom. The summed E-state index contributed by atoms with van der Waals surface area (Å²) < 4.78 is 7.03. The number of benzene rings is 1. The molecule has 3 rings (SSSR count). The van der Waals surface area contributed by atoms with Crippen molar-refractivity contribution in [3.05, 3.63) is 47.5 Å². The molecule has 2 aromatic heterocycles. The third kappa shape index (κ3) is 2.68. The molecule has 0 aliphatic heterocycles. The summed E-state index contributed by atoms with van der Waals surface area (Å²) >= 11 is 5.87. The van der Waals surface area contributed by atoms with E-state index in [1.165, 1.54) is 0 Å². The molecule has 0 unspecified atom stereocenters. The first-order valence-corrected chi connectivity index (χ1v) is 6.83. The molecule has 21 heavy (non-hydrogen) atoms. The van der Waals surface area contributed by atoms with Crippen LogP contribution in [0.25, 0.3) is 5.78 Å². The molecular weight excluding hydrogens is 290 g/mol. The third-order valence-electron chi connectivity index (χ3n) is 3.17. The van der Waals surface area contributed by atoms with Crippen molar-refractivity contribution >= 4 is 28.8 Å². The van der Waals surface area contributed by atoms with Crippen LogP contribution in [0.3, 0.4) is 0 Å². The molecule has 0 aliphatic carbocycles. The number of para-hydroxylation sites is 1. The van der Waals surface area contributed by atoms with Crippen LogP contribution in [0.4, 0.5) is 11.4 Å². The van der Waals surface area contributed by atoms with Gasteiger partial charge in [-0.1, -0.05) is 18.2 Å². The molecule has 6 nitrogen and oxygen atoms in total. The van der Waals surface area contributed by atoms with Crippen LogP contribution in [-0.4, -0.2) is 26.7 Å². The molecule has 108 valence electrons. The van der Waals surface area contributed by atoms with E-state index >= 15 is 0 Å². The van der Waals surface area contributed by atoms with Gasteiger partial charge in [0.2, 0.25) is 5.28 Å². The fourth-order valence-corrected chi connectivity index (χ4v) is 2.25. The van der Waals surface area contributed by atoms with E-state index in [0.29, 0.717) is 5.78 Å². The third-order valence-corrected chi connectivity index (χ3v) is 3.33. The number of methoxy groups -OCH3 is 1. The largest absolute Gasteiger partial charge is 0.375 e. The van der Waals surface area contributed by atoms with Gasteiger partial charge in [0, 0.05) is 12.8 Å². The number of rotatable bonds is 4. The summed E-state index contributed by atoms with van der Waals surface area (Å²) in [6, 6.07) is 9.82. The van der Waals surface area contributed by atoms with Gasteiger partial charge in [0.25, 0.3) is 5.78 Å². The maximum Gasteiger partial charge on any atom is 0.253 e. The van der Waals surface area contributed by atoms with Crippen molar-refractivity contribution in [1.29, 1.82) is 0 Å². The number of hydrogen-bond donors (Lipinski definition) is 1. The number of anilines is 2. The standard InChI is InChI=1S/C14H14ClN5O/c1-9(21-2)12-11(17-10-6-4-3-5-7-10)8-16-14-18-13(15)19-20(12)14/h3-9,17H,1-2H3/t9-/m0/s1. The zero-order valence-electron chi connectivity index (χ0n) is 11.6. The SMILES string of the molecule is CO[C@@H](C)c1c(Nc2ccccc2)cnc2nc(Cl)nn12. The highest BCUT2D eigenvalue weighted by Crippen LogP contribution is 2.27. The lowest BCUT2D eigenvalue weighted by atomic mass is 10.2. The lowest BCUT2D eigenvalue weighted by Crippen LogP contribution is -2.10. The maximum absolute atomic E-state index is 5.87. The highest BCUT2D eigenvalue weighted by Gasteiger charge is 2.18. The van der Waals surface area contributed by atoms with Crippen LogP contribution >= 0.6 is 11.6 Å². The highest BCUT2D eigenvalue weighted by molar-refractivity contribution is 6.28. The summed E-state index contributed by atoms with van der Waals surface area (Å²) in [5, 5.41) is 7.64. The van der Waals surface area contributed by atoms with E-state index in [1.54, 1.807) is 17.8 Å². The Hall–Kier alpha value is -2.18. The van der Waals surface area contributed by atoms with Gasteiger partial charge in [-0.25, -0.2) is 4.98 Å². The Morgan fingerprint density at radius 1 is 1.29 bits per heavy atom. The molecule has 0 saturated carbocycles. The number of nitrogens with one attached hydrogen (secondary N) is 1. The van der Waals surface area contributed by atoms with Crippen molar-refractivity contribution in [3.63, 3.8) is 0 Å². The smallest absolute Gasteiger partial charge is 0.253 e. The summed E-state index contributed by atoms with van der Waals surface area (Å²) in [4.78, 5) is 8.32. The van der Waals surface area contributed by atoms with Gasteiger partial charge >= 0.3 is 0 Å². The first kappa shape index (κ1) is 13.8. The molecule has 7 heteroatoms. The van der Waals surface area contributed by atoms with Crippen LogP contribution in [0.2, 0.25) is 5.28 Å². The Kier molecular flexibility index (Phi) is 3.72. The molecule has 0 amide bonds. The van der Waals surface area contributed by atoms with Gasteiger partial charge in [-0.3, -0.25) is 0 Å². The lowest BCUT2D eigenvalue weighted by molar-refractivity contribution is 0.114. The average molecular weight is 304 g/mol. The highest BCUT2D eigenvalue weighted by atomic mass is 35.5. The number of aromatic nitrogens is 4. The summed E-state index contributed by atoms with van der Waals surface area (Å²) in [7, 11) is 1.64. The van der Waals surface area contributed by atoms with Crippen LogP contribution in [-0.2, 0) is 4.74 Å². The van der Waals surface area contributed by atoms with E-state index in [1.807, 2.05) is 37.3 Å². The van der Waals surface area contributed by atoms with E-state index < -0.39 is 0 Å². The second-order valence-corrected chi connectivity index (χ2v) is 4.86. The van der Waals surface area contributed by atoms with Crippen LogP contribution < -0.4 is 5.32 Å². The Balaban J connectivity index is 2.12. The van der Waals surface area contributed by atoms with Crippen LogP contribution in [0.1, 0.15) is 18.7 Å². The van der Waals surface area contributed by atoms with Crippen LogP contribution in [0, 0.1) is 0 Å². The first-order valence-electron chi connectivity index (χ1n) is 6.45. The quantitative estimate of drug-likeness (QED) is 0.801. The van der Waals surface area contributed by atoms with Gasteiger partial charge in [-0.15, -0.1) is 5.10 Å². The minimum absolute atomic E-state index is 0.156. The zero-order chi connectivity index (χ0) is 14.8. The minimum Gasteiger partial charge on any atom is -0.375 e. The number of fused-ring (bicyclic) bond motifs is 1. The molecular formula is C14H14ClN5O. The molecule has 0 spiro atoms. The van der Waals surface area contributed by atoms with Gasteiger partial charge in [-0.05, 0) is 30.7 Å². The summed E-state index contributed by atoms with van der Waals surface area (Å²) in [5.74, 6) is 0.442. The molecule has 0 saturated heterocycles. The molecule has 3 aromatic rings. The van der Waals surface area contributed by atoms with Crippen molar-refractivity contribution in [3.8, 4) is 0 Å². The molecule has 2 heterocycles. The van der Waals surface area contributed by atoms with E-state index in [9.17, 15) is 0 Å². The summed E-state index contributed by atoms with van der Waals surface area (Å²) in [6.07, 6.45) is 1.51. The Morgan fingerprint density at radius 2 is 2.05 bits per heavy atom. The zero-order valence-corrected chi connectivity index (χ0v) is 12.4. The molecule has 1 aromatic carbocycles. The minimum atomic E-state index is -0.195. The molecule has 0 fully saturated rings. The topological polar surface area (TPSA) is 64.3 Å². The second-order valence-electron chi connectivity index (χ2n) is 4.52. The van der Waals surface area contributed by atoms with Crippen molar-refractivity contribution in [2.24, 2.45) is 0 Å². The van der Waals surface area contributed by atoms with Gasteiger partial charge in [0.1, 0.15) is 0 Å². The maximum atomic E-state index is 5.87. The van der Waals surface area contributed by atoms with Crippen LogP contribution in [0.15, 0.2) is 36.5 Å². The van der Waals surface area contributed by atoms with E-state index in [0.717, 1.165) is 17.1 Å². The Labute approximate surface area is 126 Å². The molecule has 0 bridgehead atoms. The lowest BCUT2D eigenvalue weighted by Gasteiger charge is -2.16. The van der Waals surface area contributed by atoms with Gasteiger partial charge in [0.15, 0.2) is 0 Å². The molecule has 1 N–H and O–H groups in total. The van der Waals surface area contributed by atoms with E-state index in [-0.39, 0.29) is 11.4 Å². The summed E-state index contributed by atoms with van der Waals surface area (Å²) in [6.45, 7) is 1.93. The number of ether oxygens (including phenoxy) is 1. The van der Waals surface area contributed by atoms with E-state index in [4.69, 9.17) is 16.3 Å². The number of nitrogens with zero attached hydrogens (tertiary/aromatic N) is 4. The predicted molar refractivity (Wildman–Crippen MR) is 80.9 cm³/mol. The molecule has 0 radical (unpaired) electrons. The normalized spacial score (nSPS) is 12.5. The fourth-order valence-electron chi connectivity index (χ4n) is 2.10. The number of hydrogen-bond acceptors (Lipinski definition) is 5. The van der Waals surface area contributed by atoms with Crippen molar-refractivity contribution in [1.82, 2.24) is 19.6 Å². The molecule has 0 aliphatic rings. The van der Waals surface area contributed by atoms with Crippen LogP contribution in [0.5, 0.6) is 0 Å². The monoisotopic (exact) mass is 303 g/mol. The van der Waals surface area contributed by atoms with Crippen molar-refractivity contribution in [2.45, 2.75) is 13.0 Å². The average Bonchev–Trinajstić information content (AvgIpc) is 2.87. The first-order chi connectivity index (χ1) is 10.2. The summed E-state index contributed by atoms with van der Waals surface area (Å²) in [5.41, 5.74) is 2.56. The van der Waals surface area contributed by atoms with Crippen molar-refractivity contribution in [2.75, 3.05) is 12.4 Å². The number of halogens is 1. The van der Waals surface area contributed by atoms with Gasteiger partial charge in [-0.2, -0.15) is 9.50 Å². The predicted octanol–water partition coefficient (Wildman–Crippen LogP) is 3.23. The van der Waals surface area contributed by atoms with E-state index in [2.05, 4.69) is 20.4 Å². The second kappa shape index (κ2) is 5.67. The Bertz CT molecular complexity index is 759.